The van der Waals surface area contributed by atoms with Gasteiger partial charge in [0.2, 0.25) is 0 Å². The van der Waals surface area contributed by atoms with Crippen LogP contribution in [0.5, 0.6) is 0 Å². The Morgan fingerprint density at radius 1 is 1.25 bits per heavy atom. The molecule has 0 bridgehead atoms. The summed E-state index contributed by atoms with van der Waals surface area (Å²) in [5.41, 5.74) is 6.04. The third kappa shape index (κ3) is 4.18. The summed E-state index contributed by atoms with van der Waals surface area (Å²) < 4.78 is 0. The summed E-state index contributed by atoms with van der Waals surface area (Å²) >= 11 is 0. The van der Waals surface area contributed by atoms with Crippen LogP contribution < -0.4 is 5.73 Å². The Labute approximate surface area is 120 Å². The van der Waals surface area contributed by atoms with Crippen LogP contribution in [0, 0.1) is 11.8 Å². The minimum absolute atomic E-state index is 0.00595. The molecular formula is C15H24N2O3. The summed E-state index contributed by atoms with van der Waals surface area (Å²) in [5.74, 6) is -0.652. The van der Waals surface area contributed by atoms with Crippen LogP contribution >= 0.6 is 0 Å². The van der Waals surface area contributed by atoms with Crippen molar-refractivity contribution >= 4 is 17.5 Å². The van der Waals surface area contributed by atoms with Gasteiger partial charge in [-0.15, -0.1) is 0 Å². The third-order valence-corrected chi connectivity index (χ3v) is 3.81. The second-order valence-corrected chi connectivity index (χ2v) is 5.67. The molecule has 0 amide bonds. The lowest BCUT2D eigenvalue weighted by Gasteiger charge is -2.25. The number of aliphatic imine (C=N–C) groups is 1. The number of carbonyl (C=O) groups excluding carboxylic acids is 1. The molecule has 112 valence electrons. The molecule has 3 N–H and O–H groups in total. The number of hydrogen-bond acceptors (Lipinski definition) is 4. The van der Waals surface area contributed by atoms with Crippen LogP contribution in [0.2, 0.25) is 0 Å². The molecule has 5 nitrogen and oxygen atoms in total. The molecule has 0 spiro atoms. The van der Waals surface area contributed by atoms with Crippen LogP contribution in [0.3, 0.4) is 0 Å². The first-order valence-electron chi connectivity index (χ1n) is 7.10. The molecule has 0 aliphatic heterocycles. The normalized spacial score (nSPS) is 24.8. The molecule has 0 aromatic heterocycles. The summed E-state index contributed by atoms with van der Waals surface area (Å²) in [6.07, 6.45) is 4.45. The molecule has 0 saturated heterocycles. The molecule has 20 heavy (non-hydrogen) atoms. The largest absolute Gasteiger partial charge is 0.478 e. The predicted molar refractivity (Wildman–Crippen MR) is 78.6 cm³/mol. The van der Waals surface area contributed by atoms with Gasteiger partial charge < -0.3 is 10.8 Å². The maximum Gasteiger partial charge on any atom is 0.339 e. The smallest absolute Gasteiger partial charge is 0.339 e. The van der Waals surface area contributed by atoms with Crippen LogP contribution in [0.4, 0.5) is 0 Å². The summed E-state index contributed by atoms with van der Waals surface area (Å²) in [5, 5.41) is 9.16. The van der Waals surface area contributed by atoms with E-state index in [1.165, 1.54) is 0 Å². The Bertz CT molecular complexity index is 430. The molecule has 1 rings (SSSR count). The Morgan fingerprint density at radius 2 is 1.80 bits per heavy atom. The summed E-state index contributed by atoms with van der Waals surface area (Å²) in [4.78, 5) is 27.1. The molecule has 0 unspecified atom stereocenters. The molecule has 0 aromatic carbocycles. The van der Waals surface area contributed by atoms with E-state index in [-0.39, 0.29) is 29.2 Å². The minimum Gasteiger partial charge on any atom is -0.478 e. The molecule has 1 aliphatic carbocycles. The van der Waals surface area contributed by atoms with E-state index in [1.54, 1.807) is 6.92 Å². The van der Waals surface area contributed by atoms with E-state index in [4.69, 9.17) is 10.8 Å². The number of aliphatic carboxylic acids is 1. The molecule has 1 fully saturated rings. The number of rotatable bonds is 5. The molecular weight excluding hydrogens is 256 g/mol. The van der Waals surface area contributed by atoms with E-state index in [9.17, 15) is 9.59 Å². The van der Waals surface area contributed by atoms with E-state index in [2.05, 4.69) is 4.99 Å². The van der Waals surface area contributed by atoms with Gasteiger partial charge in [0, 0.05) is 12.1 Å². The van der Waals surface area contributed by atoms with Crippen molar-refractivity contribution in [3.8, 4) is 0 Å². The second kappa shape index (κ2) is 7.22. The fourth-order valence-electron chi connectivity index (χ4n) is 2.60. The van der Waals surface area contributed by atoms with Crippen LogP contribution in [0.25, 0.3) is 0 Å². The van der Waals surface area contributed by atoms with E-state index < -0.39 is 5.97 Å². The minimum atomic E-state index is -1.04. The van der Waals surface area contributed by atoms with Crippen LogP contribution in [-0.2, 0) is 9.59 Å². The number of carboxylic acid groups (broad SMARTS) is 1. The molecule has 0 heterocycles. The predicted octanol–water partition coefficient (Wildman–Crippen LogP) is 2.16. The highest BCUT2D eigenvalue weighted by Crippen LogP contribution is 2.27. The van der Waals surface area contributed by atoms with Crippen molar-refractivity contribution in [1.82, 2.24) is 0 Å². The van der Waals surface area contributed by atoms with E-state index in [1.807, 2.05) is 13.8 Å². The zero-order valence-electron chi connectivity index (χ0n) is 12.4. The lowest BCUT2D eigenvalue weighted by atomic mass is 9.84. The van der Waals surface area contributed by atoms with Crippen LogP contribution in [0.15, 0.2) is 16.8 Å². The van der Waals surface area contributed by atoms with Crippen molar-refractivity contribution in [2.75, 3.05) is 0 Å². The van der Waals surface area contributed by atoms with Gasteiger partial charge in [-0.1, -0.05) is 13.8 Å². The molecule has 0 atom stereocenters. The van der Waals surface area contributed by atoms with Gasteiger partial charge in [0.25, 0.3) is 0 Å². The Kier molecular flexibility index (Phi) is 5.92. The maximum atomic E-state index is 11.3. The SMILES string of the molecule is CC(=O)C1CCC(N=C(C(=CN)C(=O)O)C(C)C)CC1. The van der Waals surface area contributed by atoms with Crippen LogP contribution in [-0.4, -0.2) is 28.6 Å². The van der Waals surface area contributed by atoms with E-state index in [0.29, 0.717) is 5.71 Å². The van der Waals surface area contributed by atoms with Crippen molar-refractivity contribution < 1.29 is 14.7 Å². The van der Waals surface area contributed by atoms with Crippen LogP contribution in [0.1, 0.15) is 46.5 Å². The number of nitrogens with zero attached hydrogens (tertiary/aromatic N) is 1. The zero-order valence-corrected chi connectivity index (χ0v) is 12.4. The number of hydrogen-bond donors (Lipinski definition) is 2. The molecule has 5 heteroatoms. The third-order valence-electron chi connectivity index (χ3n) is 3.81. The Balaban J connectivity index is 2.84. The highest BCUT2D eigenvalue weighted by atomic mass is 16.4. The fourth-order valence-corrected chi connectivity index (χ4v) is 2.60. The molecule has 1 saturated carbocycles. The Hall–Kier alpha value is -1.65. The molecule has 0 radical (unpaired) electrons. The lowest BCUT2D eigenvalue weighted by Crippen LogP contribution is -2.26. The van der Waals surface area contributed by atoms with Crippen molar-refractivity contribution in [2.45, 2.75) is 52.5 Å². The van der Waals surface area contributed by atoms with Crippen molar-refractivity contribution in [3.05, 3.63) is 11.8 Å². The number of carbonyl (C=O) groups is 2. The standard InChI is InChI=1S/C15H24N2O3/c1-9(2)14(13(8-16)15(19)20)17-12-6-4-11(5-7-12)10(3)18/h8-9,11-12H,4-7,16H2,1-3H3,(H,19,20). The average Bonchev–Trinajstić information content (AvgIpc) is 2.38. The first-order valence-corrected chi connectivity index (χ1v) is 7.10. The molecule has 1 aliphatic rings. The van der Waals surface area contributed by atoms with Crippen molar-refractivity contribution in [3.63, 3.8) is 0 Å². The van der Waals surface area contributed by atoms with Gasteiger partial charge in [-0.2, -0.15) is 0 Å². The summed E-state index contributed by atoms with van der Waals surface area (Å²) in [6.45, 7) is 5.45. The van der Waals surface area contributed by atoms with E-state index in [0.717, 1.165) is 31.9 Å². The summed E-state index contributed by atoms with van der Waals surface area (Å²) in [6, 6.07) is 0.0947. The Morgan fingerprint density at radius 3 is 2.15 bits per heavy atom. The topological polar surface area (TPSA) is 92.8 Å². The monoisotopic (exact) mass is 280 g/mol. The van der Waals surface area contributed by atoms with Crippen molar-refractivity contribution in [2.24, 2.45) is 22.6 Å². The maximum absolute atomic E-state index is 11.3. The van der Waals surface area contributed by atoms with Crippen molar-refractivity contribution in [1.29, 1.82) is 0 Å². The van der Waals surface area contributed by atoms with Gasteiger partial charge in [-0.05, 0) is 38.5 Å². The van der Waals surface area contributed by atoms with Gasteiger partial charge in [-0.3, -0.25) is 9.79 Å². The highest BCUT2D eigenvalue weighted by Gasteiger charge is 2.25. The van der Waals surface area contributed by atoms with Gasteiger partial charge in [0.15, 0.2) is 0 Å². The summed E-state index contributed by atoms with van der Waals surface area (Å²) in [7, 11) is 0. The average molecular weight is 280 g/mol. The van der Waals surface area contributed by atoms with Gasteiger partial charge in [0.05, 0.1) is 17.3 Å². The molecule has 0 aromatic rings. The lowest BCUT2D eigenvalue weighted by molar-refractivity contribution is -0.132. The highest BCUT2D eigenvalue weighted by molar-refractivity contribution is 6.19. The first-order chi connectivity index (χ1) is 9.36. The fraction of sp³-hybridized carbons (Fsp3) is 0.667. The van der Waals surface area contributed by atoms with Gasteiger partial charge >= 0.3 is 5.97 Å². The van der Waals surface area contributed by atoms with Gasteiger partial charge in [-0.25, -0.2) is 4.79 Å². The first kappa shape index (κ1) is 16.4. The number of nitrogens with two attached hydrogens (primary N) is 1. The second-order valence-electron chi connectivity index (χ2n) is 5.67. The van der Waals surface area contributed by atoms with E-state index >= 15 is 0 Å². The zero-order chi connectivity index (χ0) is 15.3. The number of carboxylic acids is 1. The number of ketones is 1. The quantitative estimate of drug-likeness (QED) is 0.596. The number of Topliss-reactive ketones (excluding diaryl/α,β-unsaturated/α-hetero) is 1. The van der Waals surface area contributed by atoms with Gasteiger partial charge in [0.1, 0.15) is 5.78 Å².